The molecule has 0 aromatic carbocycles. The zero-order chi connectivity index (χ0) is 15.3. The lowest BCUT2D eigenvalue weighted by molar-refractivity contribution is 0.581. The van der Waals surface area contributed by atoms with E-state index in [1.807, 2.05) is 12.1 Å². The second-order valence-corrected chi connectivity index (χ2v) is 6.19. The number of nitrogens with one attached hydrogen (secondary N) is 1. The van der Waals surface area contributed by atoms with E-state index in [1.54, 1.807) is 25.4 Å². The van der Waals surface area contributed by atoms with Gasteiger partial charge in [-0.15, -0.1) is 0 Å². The fourth-order valence-corrected chi connectivity index (χ4v) is 2.74. The molecular formula is C14H14N4O2S. The lowest BCUT2D eigenvalue weighted by Gasteiger charge is -2.07. The topological polar surface area (TPSA) is 95.7 Å². The first-order valence-electron chi connectivity index (χ1n) is 6.28. The monoisotopic (exact) mass is 302 g/mol. The van der Waals surface area contributed by atoms with E-state index in [-0.39, 0.29) is 17.0 Å². The zero-order valence-corrected chi connectivity index (χ0v) is 12.3. The molecule has 0 aliphatic rings. The SMILES string of the molecule is Cc1ncc(S(=O)(=O)NCCc2cccnc2)cc1C#N. The maximum absolute atomic E-state index is 12.1. The van der Waals surface area contributed by atoms with Gasteiger partial charge in [0.2, 0.25) is 10.0 Å². The smallest absolute Gasteiger partial charge is 0.242 e. The Kier molecular flexibility index (Phi) is 4.62. The molecule has 0 radical (unpaired) electrons. The minimum Gasteiger partial charge on any atom is -0.264 e. The molecule has 7 heteroatoms. The van der Waals surface area contributed by atoms with Gasteiger partial charge in [0.05, 0.1) is 11.3 Å². The van der Waals surface area contributed by atoms with Crippen LogP contribution in [0.15, 0.2) is 41.7 Å². The number of nitrogens with zero attached hydrogens (tertiary/aromatic N) is 3. The van der Waals surface area contributed by atoms with Crippen LogP contribution < -0.4 is 4.72 Å². The highest BCUT2D eigenvalue weighted by atomic mass is 32.2. The molecule has 0 spiro atoms. The maximum atomic E-state index is 12.1. The van der Waals surface area contributed by atoms with E-state index in [0.29, 0.717) is 12.1 Å². The van der Waals surface area contributed by atoms with Gasteiger partial charge in [-0.1, -0.05) is 6.07 Å². The molecule has 0 bridgehead atoms. The first kappa shape index (κ1) is 15.1. The number of aryl methyl sites for hydroxylation is 1. The van der Waals surface area contributed by atoms with Gasteiger partial charge < -0.3 is 0 Å². The van der Waals surface area contributed by atoms with Gasteiger partial charge in [0.1, 0.15) is 11.0 Å². The van der Waals surface area contributed by atoms with Gasteiger partial charge in [-0.05, 0) is 31.0 Å². The largest absolute Gasteiger partial charge is 0.264 e. The number of pyridine rings is 2. The summed E-state index contributed by atoms with van der Waals surface area (Å²) in [6.07, 6.45) is 5.14. The van der Waals surface area contributed by atoms with Crippen molar-refractivity contribution in [1.82, 2.24) is 14.7 Å². The molecule has 0 amide bonds. The third kappa shape index (κ3) is 3.84. The number of sulfonamides is 1. The number of hydrogen-bond donors (Lipinski definition) is 1. The van der Waals surface area contributed by atoms with E-state index >= 15 is 0 Å². The molecule has 0 atom stereocenters. The highest BCUT2D eigenvalue weighted by Gasteiger charge is 2.15. The van der Waals surface area contributed by atoms with Crippen LogP contribution in [0, 0.1) is 18.3 Å². The van der Waals surface area contributed by atoms with Crippen molar-refractivity contribution in [3.63, 3.8) is 0 Å². The molecule has 2 aromatic heterocycles. The minimum absolute atomic E-state index is 0.00385. The first-order valence-corrected chi connectivity index (χ1v) is 7.76. The van der Waals surface area contributed by atoms with Crippen LogP contribution in [-0.2, 0) is 16.4 Å². The van der Waals surface area contributed by atoms with Crippen LogP contribution in [0.5, 0.6) is 0 Å². The minimum atomic E-state index is -3.66. The Bertz CT molecular complexity index is 767. The van der Waals surface area contributed by atoms with Gasteiger partial charge in [-0.2, -0.15) is 5.26 Å². The summed E-state index contributed by atoms with van der Waals surface area (Å²) in [7, 11) is -3.66. The van der Waals surface area contributed by atoms with E-state index in [4.69, 9.17) is 5.26 Å². The highest BCUT2D eigenvalue weighted by Crippen LogP contribution is 2.12. The summed E-state index contributed by atoms with van der Waals surface area (Å²) in [6.45, 7) is 1.91. The Hall–Kier alpha value is -2.30. The highest BCUT2D eigenvalue weighted by molar-refractivity contribution is 7.89. The Morgan fingerprint density at radius 1 is 1.38 bits per heavy atom. The van der Waals surface area contributed by atoms with Gasteiger partial charge in [0, 0.05) is 25.1 Å². The molecule has 0 unspecified atom stereocenters. The van der Waals surface area contributed by atoms with Crippen LogP contribution in [0.3, 0.4) is 0 Å². The van der Waals surface area contributed by atoms with E-state index in [9.17, 15) is 8.42 Å². The molecule has 0 saturated carbocycles. The van der Waals surface area contributed by atoms with E-state index in [2.05, 4.69) is 14.7 Å². The zero-order valence-electron chi connectivity index (χ0n) is 11.4. The van der Waals surface area contributed by atoms with Gasteiger partial charge in [-0.25, -0.2) is 13.1 Å². The normalized spacial score (nSPS) is 11.0. The standard InChI is InChI=1S/C14H14N4O2S/c1-11-13(8-15)7-14(10-17-11)21(19,20)18-6-4-12-3-2-5-16-9-12/h2-3,5,7,9-10,18H,4,6H2,1H3. The summed E-state index contributed by atoms with van der Waals surface area (Å²) in [4.78, 5) is 7.89. The molecule has 21 heavy (non-hydrogen) atoms. The molecule has 2 rings (SSSR count). The molecule has 0 aliphatic carbocycles. The second kappa shape index (κ2) is 6.43. The van der Waals surface area contributed by atoms with E-state index in [1.165, 1.54) is 12.3 Å². The molecule has 2 heterocycles. The summed E-state index contributed by atoms with van der Waals surface area (Å²) in [5.74, 6) is 0. The van der Waals surface area contributed by atoms with Crippen molar-refractivity contribution in [3.05, 3.63) is 53.6 Å². The van der Waals surface area contributed by atoms with Crippen LogP contribution in [-0.4, -0.2) is 24.9 Å². The molecule has 2 aromatic rings. The quantitative estimate of drug-likeness (QED) is 0.894. The van der Waals surface area contributed by atoms with Gasteiger partial charge in [0.25, 0.3) is 0 Å². The van der Waals surface area contributed by atoms with Crippen molar-refractivity contribution >= 4 is 10.0 Å². The van der Waals surface area contributed by atoms with Crippen molar-refractivity contribution in [3.8, 4) is 6.07 Å². The Labute approximate surface area is 123 Å². The average molecular weight is 302 g/mol. The summed E-state index contributed by atoms with van der Waals surface area (Å²) in [5, 5.41) is 8.92. The number of aromatic nitrogens is 2. The number of nitriles is 1. The number of hydrogen-bond acceptors (Lipinski definition) is 5. The number of rotatable bonds is 5. The molecule has 6 nitrogen and oxygen atoms in total. The molecule has 1 N–H and O–H groups in total. The van der Waals surface area contributed by atoms with Crippen molar-refractivity contribution in [2.45, 2.75) is 18.2 Å². The Morgan fingerprint density at radius 2 is 2.19 bits per heavy atom. The molecule has 0 aliphatic heterocycles. The fraction of sp³-hybridized carbons (Fsp3) is 0.214. The first-order chi connectivity index (χ1) is 10.0. The van der Waals surface area contributed by atoms with Crippen LogP contribution in [0.4, 0.5) is 0 Å². The molecule has 0 saturated heterocycles. The van der Waals surface area contributed by atoms with Crippen LogP contribution >= 0.6 is 0 Å². The summed E-state index contributed by atoms with van der Waals surface area (Å²) in [5.41, 5.74) is 1.71. The van der Waals surface area contributed by atoms with Gasteiger partial charge >= 0.3 is 0 Å². The Balaban J connectivity index is 2.07. The van der Waals surface area contributed by atoms with Gasteiger partial charge in [0.15, 0.2) is 0 Å². The molecule has 108 valence electrons. The van der Waals surface area contributed by atoms with Crippen molar-refractivity contribution < 1.29 is 8.42 Å². The van der Waals surface area contributed by atoms with E-state index < -0.39 is 10.0 Å². The lowest BCUT2D eigenvalue weighted by atomic mass is 10.2. The lowest BCUT2D eigenvalue weighted by Crippen LogP contribution is -2.26. The van der Waals surface area contributed by atoms with Crippen LogP contribution in [0.2, 0.25) is 0 Å². The van der Waals surface area contributed by atoms with E-state index in [0.717, 1.165) is 5.56 Å². The molecule has 0 fully saturated rings. The molecular weight excluding hydrogens is 288 g/mol. The van der Waals surface area contributed by atoms with Crippen molar-refractivity contribution in [1.29, 1.82) is 5.26 Å². The van der Waals surface area contributed by atoms with Gasteiger partial charge in [-0.3, -0.25) is 9.97 Å². The second-order valence-electron chi connectivity index (χ2n) is 4.42. The summed E-state index contributed by atoms with van der Waals surface area (Å²) >= 11 is 0. The fourth-order valence-electron chi connectivity index (χ4n) is 1.73. The summed E-state index contributed by atoms with van der Waals surface area (Å²) < 4.78 is 26.7. The predicted molar refractivity (Wildman–Crippen MR) is 76.8 cm³/mol. The maximum Gasteiger partial charge on any atom is 0.242 e. The van der Waals surface area contributed by atoms with Crippen LogP contribution in [0.25, 0.3) is 0 Å². The van der Waals surface area contributed by atoms with Crippen molar-refractivity contribution in [2.75, 3.05) is 6.54 Å². The summed E-state index contributed by atoms with van der Waals surface area (Å²) in [6, 6.07) is 6.93. The third-order valence-electron chi connectivity index (χ3n) is 2.92. The average Bonchev–Trinajstić information content (AvgIpc) is 2.48. The van der Waals surface area contributed by atoms with Crippen molar-refractivity contribution in [2.24, 2.45) is 0 Å². The predicted octanol–water partition coefficient (Wildman–Crippen LogP) is 1.18. The van der Waals surface area contributed by atoms with Crippen LogP contribution in [0.1, 0.15) is 16.8 Å². The Morgan fingerprint density at radius 3 is 2.86 bits per heavy atom. The third-order valence-corrected chi connectivity index (χ3v) is 4.35.